The van der Waals surface area contributed by atoms with Crippen molar-refractivity contribution >= 4 is 22.5 Å². The lowest BCUT2D eigenvalue weighted by Crippen LogP contribution is -2.42. The predicted octanol–water partition coefficient (Wildman–Crippen LogP) is 4.47. The number of nitrogens with one attached hydrogen (secondary N) is 1. The van der Waals surface area contributed by atoms with Gasteiger partial charge in [0.2, 0.25) is 0 Å². The minimum absolute atomic E-state index is 0.0106. The molecule has 6 heteroatoms. The van der Waals surface area contributed by atoms with Gasteiger partial charge in [-0.25, -0.2) is 0 Å². The van der Waals surface area contributed by atoms with Crippen molar-refractivity contribution in [3.8, 4) is 0 Å². The summed E-state index contributed by atoms with van der Waals surface area (Å²) in [6.45, 7) is 4.86. The number of nitro groups is 1. The highest BCUT2D eigenvalue weighted by atomic mass is 16.6. The van der Waals surface area contributed by atoms with Crippen LogP contribution in [0.1, 0.15) is 41.5 Å². The second-order valence-corrected chi connectivity index (χ2v) is 7.30. The molecule has 1 aromatic heterocycles. The van der Waals surface area contributed by atoms with Crippen molar-refractivity contribution in [1.29, 1.82) is 0 Å². The first-order valence-electron chi connectivity index (χ1n) is 9.12. The van der Waals surface area contributed by atoms with Gasteiger partial charge in [-0.3, -0.25) is 14.9 Å². The van der Waals surface area contributed by atoms with E-state index in [4.69, 9.17) is 0 Å². The molecule has 1 atom stereocenters. The number of para-hydroxylation sites is 1. The molecule has 4 rings (SSSR count). The summed E-state index contributed by atoms with van der Waals surface area (Å²) < 4.78 is 0. The SMILES string of the molecule is CC(C)[C@@H]1c2[nH]c3ccccc3c2CCN1C(=O)c1ccc([N+](=O)[O-])cc1. The number of non-ortho nitro benzene ring substituents is 1. The average Bonchev–Trinajstić information content (AvgIpc) is 3.05. The van der Waals surface area contributed by atoms with E-state index in [0.717, 1.165) is 17.6 Å². The fourth-order valence-corrected chi connectivity index (χ4v) is 4.08. The fourth-order valence-electron chi connectivity index (χ4n) is 4.08. The first-order chi connectivity index (χ1) is 13.0. The summed E-state index contributed by atoms with van der Waals surface area (Å²) in [5, 5.41) is 12.1. The largest absolute Gasteiger partial charge is 0.356 e. The Bertz CT molecular complexity index is 1020. The molecule has 1 amide bonds. The van der Waals surface area contributed by atoms with E-state index in [-0.39, 0.29) is 23.6 Å². The van der Waals surface area contributed by atoms with Gasteiger partial charge in [0.05, 0.1) is 11.0 Å². The van der Waals surface area contributed by atoms with Crippen LogP contribution in [0.2, 0.25) is 0 Å². The number of rotatable bonds is 3. The Labute approximate surface area is 157 Å². The Morgan fingerprint density at radius 3 is 2.56 bits per heavy atom. The van der Waals surface area contributed by atoms with Crippen molar-refractivity contribution in [2.45, 2.75) is 26.3 Å². The van der Waals surface area contributed by atoms with Crippen LogP contribution in [0, 0.1) is 16.0 Å². The summed E-state index contributed by atoms with van der Waals surface area (Å²) in [7, 11) is 0. The quantitative estimate of drug-likeness (QED) is 0.551. The fraction of sp³-hybridized carbons (Fsp3) is 0.286. The van der Waals surface area contributed by atoms with E-state index in [1.54, 1.807) is 12.1 Å². The zero-order chi connectivity index (χ0) is 19.1. The first-order valence-corrected chi connectivity index (χ1v) is 9.12. The molecule has 2 aromatic carbocycles. The molecule has 0 aliphatic carbocycles. The molecule has 0 unspecified atom stereocenters. The number of benzene rings is 2. The average molecular weight is 363 g/mol. The second-order valence-electron chi connectivity index (χ2n) is 7.30. The summed E-state index contributed by atoms with van der Waals surface area (Å²) in [5.74, 6) is 0.145. The molecule has 1 aliphatic rings. The second kappa shape index (κ2) is 6.54. The molecule has 2 heterocycles. The number of hydrogen-bond donors (Lipinski definition) is 1. The van der Waals surface area contributed by atoms with Crippen LogP contribution in [-0.2, 0) is 6.42 Å². The Morgan fingerprint density at radius 2 is 1.89 bits per heavy atom. The van der Waals surface area contributed by atoms with Gasteiger partial charge >= 0.3 is 0 Å². The first kappa shape index (κ1) is 17.3. The van der Waals surface area contributed by atoms with Gasteiger partial charge < -0.3 is 9.88 Å². The summed E-state index contributed by atoms with van der Waals surface area (Å²) in [5.41, 5.74) is 3.96. The van der Waals surface area contributed by atoms with Gasteiger partial charge in [0.1, 0.15) is 0 Å². The zero-order valence-electron chi connectivity index (χ0n) is 15.3. The third-order valence-corrected chi connectivity index (χ3v) is 5.30. The molecule has 3 aromatic rings. The number of fused-ring (bicyclic) bond motifs is 3. The Morgan fingerprint density at radius 1 is 1.19 bits per heavy atom. The van der Waals surface area contributed by atoms with Crippen molar-refractivity contribution in [1.82, 2.24) is 9.88 Å². The molecular weight excluding hydrogens is 342 g/mol. The lowest BCUT2D eigenvalue weighted by atomic mass is 9.90. The van der Waals surface area contributed by atoms with Crippen LogP contribution in [0.25, 0.3) is 10.9 Å². The van der Waals surface area contributed by atoms with E-state index in [1.807, 2.05) is 17.0 Å². The molecule has 6 nitrogen and oxygen atoms in total. The molecule has 0 saturated carbocycles. The van der Waals surface area contributed by atoms with E-state index in [9.17, 15) is 14.9 Å². The number of amides is 1. The van der Waals surface area contributed by atoms with Crippen LogP contribution < -0.4 is 0 Å². The monoisotopic (exact) mass is 363 g/mol. The predicted molar refractivity (Wildman–Crippen MR) is 104 cm³/mol. The highest BCUT2D eigenvalue weighted by molar-refractivity contribution is 5.95. The molecule has 138 valence electrons. The molecule has 0 spiro atoms. The third-order valence-electron chi connectivity index (χ3n) is 5.30. The summed E-state index contributed by atoms with van der Waals surface area (Å²) >= 11 is 0. The van der Waals surface area contributed by atoms with Gasteiger partial charge in [-0.15, -0.1) is 0 Å². The maximum Gasteiger partial charge on any atom is 0.269 e. The van der Waals surface area contributed by atoms with E-state index in [1.165, 1.54) is 23.1 Å². The third kappa shape index (κ3) is 2.87. The lowest BCUT2D eigenvalue weighted by molar-refractivity contribution is -0.384. The van der Waals surface area contributed by atoms with Crippen LogP contribution in [0.3, 0.4) is 0 Å². The topological polar surface area (TPSA) is 79.2 Å². The van der Waals surface area contributed by atoms with E-state index < -0.39 is 4.92 Å². The lowest BCUT2D eigenvalue weighted by Gasteiger charge is -2.38. The molecular formula is C21H21N3O3. The Hall–Kier alpha value is -3.15. The van der Waals surface area contributed by atoms with Crippen molar-refractivity contribution in [2.75, 3.05) is 6.54 Å². The molecule has 0 fully saturated rings. The van der Waals surface area contributed by atoms with Crippen LogP contribution in [0.5, 0.6) is 0 Å². The van der Waals surface area contributed by atoms with Crippen molar-refractivity contribution in [3.05, 3.63) is 75.5 Å². The summed E-state index contributed by atoms with van der Waals surface area (Å²) in [6, 6.07) is 14.0. The standard InChI is InChI=1S/C21H21N3O3/c1-13(2)20-19-17(16-5-3-4-6-18(16)22-19)11-12-23(20)21(25)14-7-9-15(10-8-14)24(26)27/h3-10,13,20,22H,11-12H2,1-2H3/t20-/m1/s1. The maximum atomic E-state index is 13.2. The normalized spacial score (nSPS) is 16.6. The number of aromatic amines is 1. The molecule has 1 aliphatic heterocycles. The Balaban J connectivity index is 1.72. The van der Waals surface area contributed by atoms with Crippen molar-refractivity contribution in [3.63, 3.8) is 0 Å². The smallest absolute Gasteiger partial charge is 0.269 e. The van der Waals surface area contributed by atoms with Crippen LogP contribution >= 0.6 is 0 Å². The van der Waals surface area contributed by atoms with Gasteiger partial charge in [-0.1, -0.05) is 32.0 Å². The number of carbonyl (C=O) groups is 1. The number of nitrogens with zero attached hydrogens (tertiary/aromatic N) is 2. The van der Waals surface area contributed by atoms with Gasteiger partial charge in [0.15, 0.2) is 0 Å². The Kier molecular flexibility index (Phi) is 4.18. The van der Waals surface area contributed by atoms with Crippen LogP contribution in [0.4, 0.5) is 5.69 Å². The highest BCUT2D eigenvalue weighted by Crippen LogP contribution is 2.39. The van der Waals surface area contributed by atoms with Gasteiger partial charge in [0.25, 0.3) is 11.6 Å². The molecule has 27 heavy (non-hydrogen) atoms. The molecule has 0 radical (unpaired) electrons. The summed E-state index contributed by atoms with van der Waals surface area (Å²) in [6.07, 6.45) is 0.793. The summed E-state index contributed by atoms with van der Waals surface area (Å²) in [4.78, 5) is 29.0. The van der Waals surface area contributed by atoms with Crippen molar-refractivity contribution < 1.29 is 9.72 Å². The molecule has 0 saturated heterocycles. The number of carbonyl (C=O) groups excluding carboxylic acids is 1. The van der Waals surface area contributed by atoms with E-state index >= 15 is 0 Å². The highest BCUT2D eigenvalue weighted by Gasteiger charge is 2.35. The number of nitro benzene ring substituents is 1. The van der Waals surface area contributed by atoms with E-state index in [0.29, 0.717) is 12.1 Å². The van der Waals surface area contributed by atoms with Crippen LogP contribution in [-0.4, -0.2) is 27.3 Å². The minimum atomic E-state index is -0.456. The number of aromatic nitrogens is 1. The van der Waals surface area contributed by atoms with Gasteiger partial charge in [0, 0.05) is 40.8 Å². The number of hydrogen-bond acceptors (Lipinski definition) is 3. The minimum Gasteiger partial charge on any atom is -0.356 e. The van der Waals surface area contributed by atoms with Crippen molar-refractivity contribution in [2.24, 2.45) is 5.92 Å². The van der Waals surface area contributed by atoms with Gasteiger partial charge in [-0.2, -0.15) is 0 Å². The molecule has 1 N–H and O–H groups in total. The molecule has 0 bridgehead atoms. The zero-order valence-corrected chi connectivity index (χ0v) is 15.3. The van der Waals surface area contributed by atoms with Gasteiger partial charge in [-0.05, 0) is 36.1 Å². The van der Waals surface area contributed by atoms with Crippen LogP contribution in [0.15, 0.2) is 48.5 Å². The van der Waals surface area contributed by atoms with E-state index in [2.05, 4.69) is 31.0 Å². The number of H-pyrrole nitrogens is 1. The maximum absolute atomic E-state index is 13.2.